The fraction of sp³-hybridized carbons (Fsp3) is 0.353. The maximum atomic E-state index is 13.9. The van der Waals surface area contributed by atoms with Gasteiger partial charge in [-0.05, 0) is 47.6 Å². The fourth-order valence-electron chi connectivity index (χ4n) is 5.66. The van der Waals surface area contributed by atoms with E-state index in [1.54, 1.807) is 44.2 Å². The number of aliphatic hydroxyl groups excluding tert-OH is 1. The Morgan fingerprint density at radius 1 is 0.818 bits per heavy atom. The molecule has 0 aromatic heterocycles. The van der Waals surface area contributed by atoms with Crippen molar-refractivity contribution in [2.24, 2.45) is 5.92 Å². The number of rotatable bonds is 12. The number of nitrogens with one attached hydrogen (secondary N) is 2. The van der Waals surface area contributed by atoms with Crippen LogP contribution in [-0.4, -0.2) is 70.3 Å². The zero-order valence-electron chi connectivity index (χ0n) is 25.3. The minimum atomic E-state index is -1.20. The second kappa shape index (κ2) is 14.2. The van der Waals surface area contributed by atoms with Crippen molar-refractivity contribution in [3.63, 3.8) is 0 Å². The third-order valence-electron chi connectivity index (χ3n) is 8.02. The van der Waals surface area contributed by atoms with Gasteiger partial charge in [0.05, 0.1) is 12.6 Å². The highest BCUT2D eigenvalue weighted by atomic mass is 16.5. The summed E-state index contributed by atoms with van der Waals surface area (Å²) >= 11 is 0. The molecule has 1 aliphatic rings. The van der Waals surface area contributed by atoms with Gasteiger partial charge in [0.2, 0.25) is 11.8 Å². The van der Waals surface area contributed by atoms with Crippen molar-refractivity contribution in [2.45, 2.75) is 57.8 Å². The van der Waals surface area contributed by atoms with E-state index < -0.39 is 60.6 Å². The van der Waals surface area contributed by atoms with Crippen LogP contribution in [0.3, 0.4) is 0 Å². The molecule has 1 unspecified atom stereocenters. The molecule has 3 aromatic carbocycles. The molecule has 10 heteroatoms. The van der Waals surface area contributed by atoms with E-state index in [0.717, 1.165) is 22.3 Å². The molecule has 0 aliphatic heterocycles. The normalized spacial score (nSPS) is 14.9. The molecule has 0 saturated carbocycles. The molecule has 0 radical (unpaired) electrons. The first-order valence-electron chi connectivity index (χ1n) is 14.7. The molecule has 4 rings (SSSR count). The van der Waals surface area contributed by atoms with Gasteiger partial charge in [0.15, 0.2) is 0 Å². The predicted molar refractivity (Wildman–Crippen MR) is 165 cm³/mol. The fourth-order valence-corrected chi connectivity index (χ4v) is 5.66. The molecule has 0 fully saturated rings. The van der Waals surface area contributed by atoms with Crippen LogP contribution in [0.15, 0.2) is 78.9 Å². The van der Waals surface area contributed by atoms with Crippen molar-refractivity contribution in [1.29, 1.82) is 0 Å². The molecule has 1 aliphatic carbocycles. The number of ether oxygens (including phenoxy) is 1. The van der Waals surface area contributed by atoms with Gasteiger partial charge in [-0.1, -0.05) is 92.7 Å². The quantitative estimate of drug-likeness (QED) is 0.245. The third kappa shape index (κ3) is 6.92. The molecule has 232 valence electrons. The van der Waals surface area contributed by atoms with Gasteiger partial charge < -0.3 is 30.5 Å². The summed E-state index contributed by atoms with van der Waals surface area (Å²) in [4.78, 5) is 53.1. The number of carbonyl (C=O) groups excluding carboxylic acids is 3. The summed E-state index contributed by atoms with van der Waals surface area (Å²) in [6, 6.07) is 20.1. The topological polar surface area (TPSA) is 145 Å². The molecule has 0 saturated heterocycles. The molecule has 3 amide bonds. The van der Waals surface area contributed by atoms with E-state index in [9.17, 15) is 29.4 Å². The Morgan fingerprint density at radius 2 is 1.36 bits per heavy atom. The Bertz CT molecular complexity index is 1450. The van der Waals surface area contributed by atoms with Crippen LogP contribution in [0, 0.1) is 5.92 Å². The van der Waals surface area contributed by atoms with Crippen LogP contribution in [0.2, 0.25) is 0 Å². The largest absolute Gasteiger partial charge is 0.480 e. The van der Waals surface area contributed by atoms with E-state index in [0.29, 0.717) is 5.56 Å². The summed E-state index contributed by atoms with van der Waals surface area (Å²) in [6.07, 6.45) is -0.809. The van der Waals surface area contributed by atoms with Crippen molar-refractivity contribution in [3.8, 4) is 11.1 Å². The Morgan fingerprint density at radius 3 is 1.89 bits per heavy atom. The predicted octanol–water partition coefficient (Wildman–Crippen LogP) is 4.09. The van der Waals surface area contributed by atoms with E-state index in [4.69, 9.17) is 4.74 Å². The molecule has 0 heterocycles. The number of carbonyl (C=O) groups is 4. The highest BCUT2D eigenvalue weighted by Crippen LogP contribution is 2.44. The number of carboxylic acid groups (broad SMARTS) is 1. The second-order valence-corrected chi connectivity index (χ2v) is 11.3. The number of fused-ring (bicyclic) bond motifs is 3. The van der Waals surface area contributed by atoms with E-state index in [1.807, 2.05) is 48.5 Å². The number of aliphatic carboxylic acids is 1. The lowest BCUT2D eigenvalue weighted by Crippen LogP contribution is -2.58. The van der Waals surface area contributed by atoms with E-state index in [1.165, 1.54) is 18.7 Å². The van der Waals surface area contributed by atoms with Gasteiger partial charge in [-0.2, -0.15) is 0 Å². The number of carboxylic acids is 1. The van der Waals surface area contributed by atoms with Crippen LogP contribution in [0.25, 0.3) is 11.1 Å². The highest BCUT2D eigenvalue weighted by Gasteiger charge is 2.38. The first kappa shape index (κ1) is 32.2. The molecular formula is C34H39N3O7. The average Bonchev–Trinajstić information content (AvgIpc) is 3.34. The van der Waals surface area contributed by atoms with Gasteiger partial charge in [-0.15, -0.1) is 0 Å². The number of hydrogen-bond acceptors (Lipinski definition) is 6. The van der Waals surface area contributed by atoms with Crippen LogP contribution in [-0.2, 0) is 19.1 Å². The highest BCUT2D eigenvalue weighted by molar-refractivity contribution is 5.93. The van der Waals surface area contributed by atoms with Crippen molar-refractivity contribution < 1.29 is 34.1 Å². The molecular weight excluding hydrogens is 562 g/mol. The Hall–Kier alpha value is -4.70. The number of amides is 3. The molecule has 0 bridgehead atoms. The maximum absolute atomic E-state index is 13.9. The SMILES string of the molecule is CC(C)[C@H](NC(=O)[C@H](C)N(C(=O)[C@H](C)NC(=O)OCC1c2ccccc2-c2ccccc21)C(CO)c1ccccc1)C(=O)O. The number of hydrogen-bond donors (Lipinski definition) is 4. The van der Waals surface area contributed by atoms with Crippen LogP contribution < -0.4 is 10.6 Å². The Labute approximate surface area is 257 Å². The average molecular weight is 602 g/mol. The van der Waals surface area contributed by atoms with Crippen LogP contribution in [0.5, 0.6) is 0 Å². The lowest BCUT2D eigenvalue weighted by Gasteiger charge is -2.37. The van der Waals surface area contributed by atoms with Crippen molar-refractivity contribution in [2.75, 3.05) is 13.2 Å². The molecule has 0 spiro atoms. The Kier molecular flexibility index (Phi) is 10.4. The summed E-state index contributed by atoms with van der Waals surface area (Å²) in [5.74, 6) is -3.14. The van der Waals surface area contributed by atoms with Gasteiger partial charge in [-0.25, -0.2) is 9.59 Å². The van der Waals surface area contributed by atoms with Crippen molar-refractivity contribution in [1.82, 2.24) is 15.5 Å². The van der Waals surface area contributed by atoms with Gasteiger partial charge in [-0.3, -0.25) is 9.59 Å². The van der Waals surface area contributed by atoms with E-state index in [-0.39, 0.29) is 12.5 Å². The summed E-state index contributed by atoms with van der Waals surface area (Å²) in [7, 11) is 0. The van der Waals surface area contributed by atoms with Gasteiger partial charge in [0.1, 0.15) is 24.7 Å². The number of alkyl carbamates (subject to hydrolysis) is 1. The molecule has 4 N–H and O–H groups in total. The smallest absolute Gasteiger partial charge is 0.407 e. The van der Waals surface area contributed by atoms with Gasteiger partial charge >= 0.3 is 12.1 Å². The summed E-state index contributed by atoms with van der Waals surface area (Å²) < 4.78 is 5.61. The summed E-state index contributed by atoms with van der Waals surface area (Å²) in [5, 5.41) is 25.0. The van der Waals surface area contributed by atoms with Gasteiger partial charge in [0, 0.05) is 5.92 Å². The van der Waals surface area contributed by atoms with Crippen molar-refractivity contribution >= 4 is 23.9 Å². The molecule has 10 nitrogen and oxygen atoms in total. The minimum Gasteiger partial charge on any atom is -0.480 e. The summed E-state index contributed by atoms with van der Waals surface area (Å²) in [6.45, 7) is 5.78. The molecule has 44 heavy (non-hydrogen) atoms. The Balaban J connectivity index is 1.50. The lowest BCUT2D eigenvalue weighted by atomic mass is 9.98. The lowest BCUT2D eigenvalue weighted by molar-refractivity contribution is -0.148. The van der Waals surface area contributed by atoms with Crippen molar-refractivity contribution in [3.05, 3.63) is 95.6 Å². The number of benzene rings is 3. The third-order valence-corrected chi connectivity index (χ3v) is 8.02. The number of nitrogens with zero attached hydrogens (tertiary/aromatic N) is 1. The molecule has 3 aromatic rings. The number of aliphatic hydroxyl groups is 1. The van der Waals surface area contributed by atoms with Crippen LogP contribution in [0.4, 0.5) is 4.79 Å². The second-order valence-electron chi connectivity index (χ2n) is 11.3. The first-order valence-corrected chi connectivity index (χ1v) is 14.7. The van der Waals surface area contributed by atoms with E-state index in [2.05, 4.69) is 10.6 Å². The van der Waals surface area contributed by atoms with E-state index >= 15 is 0 Å². The monoisotopic (exact) mass is 601 g/mol. The standard InChI is InChI=1S/C34H39N3O7/c1-20(2)30(33(41)42)36-31(39)22(4)37(29(18-38)23-12-6-5-7-13-23)32(40)21(3)35-34(43)44-19-28-26-16-10-8-14-24(26)25-15-9-11-17-27(25)28/h5-17,20-22,28-30,38H,18-19H2,1-4H3,(H,35,43)(H,36,39)(H,41,42)/t21-,22-,29?,30-/m0/s1. The summed E-state index contributed by atoms with van der Waals surface area (Å²) in [5.41, 5.74) is 4.83. The molecule has 4 atom stereocenters. The van der Waals surface area contributed by atoms with Gasteiger partial charge in [0.25, 0.3) is 0 Å². The minimum absolute atomic E-state index is 0.0539. The first-order chi connectivity index (χ1) is 21.0. The van der Waals surface area contributed by atoms with Crippen LogP contribution >= 0.6 is 0 Å². The zero-order chi connectivity index (χ0) is 32.0. The van der Waals surface area contributed by atoms with Crippen LogP contribution in [0.1, 0.15) is 56.3 Å². The maximum Gasteiger partial charge on any atom is 0.407 e. The zero-order valence-corrected chi connectivity index (χ0v) is 25.3.